The van der Waals surface area contributed by atoms with E-state index >= 15 is 0 Å². The van der Waals surface area contributed by atoms with Gasteiger partial charge in [-0.1, -0.05) is 44.2 Å². The molecule has 1 heterocycles. The van der Waals surface area contributed by atoms with E-state index in [-0.39, 0.29) is 23.8 Å². The van der Waals surface area contributed by atoms with Crippen molar-refractivity contribution in [1.29, 1.82) is 0 Å². The van der Waals surface area contributed by atoms with Crippen molar-refractivity contribution in [3.8, 4) is 0 Å². The average molecular weight is 473 g/mol. The minimum absolute atomic E-state index is 0.0222. The largest absolute Gasteiger partial charge is 0.368 e. The van der Waals surface area contributed by atoms with Gasteiger partial charge in [0.2, 0.25) is 27.7 Å². The number of anilines is 1. The highest BCUT2D eigenvalue weighted by Gasteiger charge is 2.36. The van der Waals surface area contributed by atoms with E-state index in [0.717, 1.165) is 0 Å². The van der Waals surface area contributed by atoms with E-state index in [1.54, 1.807) is 56.3 Å². The number of nitrogens with two attached hydrogens (primary N) is 1. The molecule has 0 aromatic heterocycles. The van der Waals surface area contributed by atoms with Crippen LogP contribution in [0, 0.1) is 5.92 Å². The lowest BCUT2D eigenvalue weighted by Crippen LogP contribution is -2.41. The van der Waals surface area contributed by atoms with Gasteiger partial charge in [0.15, 0.2) is 0 Å². The number of amides is 3. The maximum atomic E-state index is 12.8. The van der Waals surface area contributed by atoms with Crippen LogP contribution in [0.4, 0.5) is 5.69 Å². The van der Waals surface area contributed by atoms with Gasteiger partial charge in [-0.25, -0.2) is 8.42 Å². The van der Waals surface area contributed by atoms with Crippen molar-refractivity contribution in [3.05, 3.63) is 60.2 Å². The molecule has 2 aromatic carbocycles. The molecular formula is C23H28N4O5S. The van der Waals surface area contributed by atoms with Crippen LogP contribution in [0.3, 0.4) is 0 Å². The fourth-order valence-corrected chi connectivity index (χ4v) is 5.33. The van der Waals surface area contributed by atoms with E-state index in [0.29, 0.717) is 24.3 Å². The van der Waals surface area contributed by atoms with Gasteiger partial charge in [-0.05, 0) is 29.8 Å². The van der Waals surface area contributed by atoms with Crippen molar-refractivity contribution in [2.45, 2.75) is 31.2 Å². The summed E-state index contributed by atoms with van der Waals surface area (Å²) >= 11 is 0. The molecule has 3 N–H and O–H groups in total. The van der Waals surface area contributed by atoms with Crippen LogP contribution >= 0.6 is 0 Å². The summed E-state index contributed by atoms with van der Waals surface area (Å²) in [4.78, 5) is 38.9. The Morgan fingerprint density at radius 3 is 2.24 bits per heavy atom. The van der Waals surface area contributed by atoms with Gasteiger partial charge in [-0.3, -0.25) is 14.4 Å². The highest BCUT2D eigenvalue weighted by atomic mass is 32.2. The molecule has 3 amide bonds. The Morgan fingerprint density at radius 1 is 1.09 bits per heavy atom. The Hall–Kier alpha value is -3.24. The standard InChI is InChI=1S/C23H28N4O5S/c1-3-26(4-2)33(31,32)19-12-10-18(11-13-19)27-15-17(14-20(27)28)23(30)25-21(22(24)29)16-8-6-5-7-9-16/h5-13,17,21H,3-4,14-15H2,1-2H3,(H2,24,29)(H,25,30). The minimum Gasteiger partial charge on any atom is -0.368 e. The number of carbonyl (C=O) groups is 3. The number of carbonyl (C=O) groups excluding carboxylic acids is 3. The highest BCUT2D eigenvalue weighted by Crippen LogP contribution is 2.27. The lowest BCUT2D eigenvalue weighted by atomic mass is 10.0. The van der Waals surface area contributed by atoms with E-state index in [1.807, 2.05) is 0 Å². The maximum absolute atomic E-state index is 12.8. The van der Waals surface area contributed by atoms with Crippen LogP contribution in [0.5, 0.6) is 0 Å². The zero-order chi connectivity index (χ0) is 24.2. The number of rotatable bonds is 9. The molecule has 9 nitrogen and oxygen atoms in total. The summed E-state index contributed by atoms with van der Waals surface area (Å²) in [6.07, 6.45) is -0.0222. The first kappa shape index (κ1) is 24.4. The molecule has 1 aliphatic heterocycles. The van der Waals surface area contributed by atoms with Gasteiger partial charge in [0.05, 0.1) is 10.8 Å². The van der Waals surface area contributed by atoms with Crippen LogP contribution in [-0.4, -0.2) is 50.1 Å². The van der Waals surface area contributed by atoms with Crippen LogP contribution < -0.4 is 16.0 Å². The Morgan fingerprint density at radius 2 is 1.70 bits per heavy atom. The molecule has 10 heteroatoms. The molecule has 2 aromatic rings. The van der Waals surface area contributed by atoms with Gasteiger partial charge in [0.1, 0.15) is 6.04 Å². The summed E-state index contributed by atoms with van der Waals surface area (Å²) in [5.41, 5.74) is 6.53. The number of sulfonamides is 1. The molecular weight excluding hydrogens is 444 g/mol. The second kappa shape index (κ2) is 10.1. The molecule has 0 saturated carbocycles. The molecule has 2 atom stereocenters. The van der Waals surface area contributed by atoms with Crippen molar-refractivity contribution >= 4 is 33.4 Å². The number of hydrogen-bond acceptors (Lipinski definition) is 5. The molecule has 176 valence electrons. The summed E-state index contributed by atoms with van der Waals surface area (Å²) in [5.74, 6) is -2.06. The molecule has 33 heavy (non-hydrogen) atoms. The summed E-state index contributed by atoms with van der Waals surface area (Å²) in [5, 5.41) is 2.64. The Balaban J connectivity index is 1.72. The van der Waals surface area contributed by atoms with E-state index < -0.39 is 33.8 Å². The van der Waals surface area contributed by atoms with Crippen LogP contribution in [0.25, 0.3) is 0 Å². The van der Waals surface area contributed by atoms with Crippen LogP contribution in [0.15, 0.2) is 59.5 Å². The lowest BCUT2D eigenvalue weighted by molar-refractivity contribution is -0.130. The number of nitrogens with zero attached hydrogens (tertiary/aromatic N) is 2. The Kier molecular flexibility index (Phi) is 7.50. The van der Waals surface area contributed by atoms with Gasteiger partial charge >= 0.3 is 0 Å². The number of nitrogens with one attached hydrogen (secondary N) is 1. The van der Waals surface area contributed by atoms with Gasteiger partial charge in [-0.2, -0.15) is 4.31 Å². The third-order valence-corrected chi connectivity index (χ3v) is 7.76. The van der Waals surface area contributed by atoms with Crippen molar-refractivity contribution in [3.63, 3.8) is 0 Å². The van der Waals surface area contributed by atoms with Gasteiger partial charge in [0.25, 0.3) is 0 Å². The molecule has 1 aliphatic rings. The lowest BCUT2D eigenvalue weighted by Gasteiger charge is -2.21. The molecule has 0 spiro atoms. The minimum atomic E-state index is -3.61. The predicted octanol–water partition coefficient (Wildman–Crippen LogP) is 1.41. The summed E-state index contributed by atoms with van der Waals surface area (Å²) < 4.78 is 26.7. The van der Waals surface area contributed by atoms with Crippen LogP contribution in [0.1, 0.15) is 31.9 Å². The monoisotopic (exact) mass is 472 g/mol. The third-order valence-electron chi connectivity index (χ3n) is 5.69. The van der Waals surface area contributed by atoms with E-state index in [1.165, 1.54) is 21.3 Å². The van der Waals surface area contributed by atoms with Gasteiger partial charge in [0, 0.05) is 31.7 Å². The second-order valence-electron chi connectivity index (χ2n) is 7.74. The van der Waals surface area contributed by atoms with E-state index in [2.05, 4.69) is 5.32 Å². The normalized spacial score (nSPS) is 17.2. The first-order chi connectivity index (χ1) is 15.7. The molecule has 2 unspecified atom stereocenters. The van der Waals surface area contributed by atoms with Crippen molar-refractivity contribution in [2.75, 3.05) is 24.5 Å². The molecule has 1 saturated heterocycles. The fourth-order valence-electron chi connectivity index (χ4n) is 3.87. The average Bonchev–Trinajstić information content (AvgIpc) is 3.20. The van der Waals surface area contributed by atoms with Crippen LogP contribution in [-0.2, 0) is 24.4 Å². The van der Waals surface area contributed by atoms with Crippen molar-refractivity contribution in [2.24, 2.45) is 11.7 Å². The first-order valence-corrected chi connectivity index (χ1v) is 12.2. The van der Waals surface area contributed by atoms with Crippen LogP contribution in [0.2, 0.25) is 0 Å². The van der Waals surface area contributed by atoms with Crippen molar-refractivity contribution in [1.82, 2.24) is 9.62 Å². The third kappa shape index (κ3) is 5.23. The molecule has 1 fully saturated rings. The van der Waals surface area contributed by atoms with Crippen molar-refractivity contribution < 1.29 is 22.8 Å². The number of primary amides is 1. The summed E-state index contributed by atoms with van der Waals surface area (Å²) in [6.45, 7) is 4.37. The second-order valence-corrected chi connectivity index (χ2v) is 9.68. The SMILES string of the molecule is CCN(CC)S(=O)(=O)c1ccc(N2CC(C(=O)NC(C(N)=O)c3ccccc3)CC2=O)cc1. The summed E-state index contributed by atoms with van der Waals surface area (Å²) in [7, 11) is -3.61. The number of hydrogen-bond donors (Lipinski definition) is 2. The molecule has 0 bridgehead atoms. The first-order valence-electron chi connectivity index (χ1n) is 10.7. The quantitative estimate of drug-likeness (QED) is 0.570. The predicted molar refractivity (Wildman–Crippen MR) is 124 cm³/mol. The highest BCUT2D eigenvalue weighted by molar-refractivity contribution is 7.89. The molecule has 3 rings (SSSR count). The molecule has 0 radical (unpaired) electrons. The van der Waals surface area contributed by atoms with Gasteiger partial charge < -0.3 is 16.0 Å². The molecule has 0 aliphatic carbocycles. The zero-order valence-electron chi connectivity index (χ0n) is 18.6. The Labute approximate surface area is 193 Å². The topological polar surface area (TPSA) is 130 Å². The summed E-state index contributed by atoms with van der Waals surface area (Å²) in [6, 6.07) is 13.7. The smallest absolute Gasteiger partial charge is 0.244 e. The van der Waals surface area contributed by atoms with Gasteiger partial charge in [-0.15, -0.1) is 0 Å². The zero-order valence-corrected chi connectivity index (χ0v) is 19.4. The van der Waals surface area contributed by atoms with E-state index in [9.17, 15) is 22.8 Å². The maximum Gasteiger partial charge on any atom is 0.244 e. The Bertz CT molecular complexity index is 1120. The fraction of sp³-hybridized carbons (Fsp3) is 0.348. The number of benzene rings is 2. The van der Waals surface area contributed by atoms with E-state index in [4.69, 9.17) is 5.73 Å².